The highest BCUT2D eigenvalue weighted by atomic mass is 35.5. The first-order chi connectivity index (χ1) is 8.36. The number of aromatic nitrogens is 1. The summed E-state index contributed by atoms with van der Waals surface area (Å²) < 4.78 is 1.32. The van der Waals surface area contributed by atoms with E-state index in [0.717, 1.165) is 38.1 Å². The van der Waals surface area contributed by atoms with Crippen molar-refractivity contribution in [3.8, 4) is 0 Å². The fraction of sp³-hybridized carbons (Fsp3) is 0.462. The lowest BCUT2D eigenvalue weighted by molar-refractivity contribution is 0.588. The maximum Gasteiger partial charge on any atom is 0.186 e. The molecule has 0 spiro atoms. The second kappa shape index (κ2) is 5.87. The van der Waals surface area contributed by atoms with Gasteiger partial charge in [0, 0.05) is 26.2 Å². The van der Waals surface area contributed by atoms with Crippen LogP contribution in [0.5, 0.6) is 0 Å². The minimum atomic E-state index is 0. The molecule has 0 unspecified atom stereocenters. The van der Waals surface area contributed by atoms with Crippen molar-refractivity contribution in [1.29, 1.82) is 0 Å². The molecular formula is C13H18ClN3S. The fourth-order valence-corrected chi connectivity index (χ4v) is 3.25. The summed E-state index contributed by atoms with van der Waals surface area (Å²) in [5.41, 5.74) is 2.54. The summed E-state index contributed by atoms with van der Waals surface area (Å²) in [6, 6.07) is 6.61. The molecule has 2 aromatic rings. The van der Waals surface area contributed by atoms with Gasteiger partial charge in [-0.1, -0.05) is 24.3 Å². The summed E-state index contributed by atoms with van der Waals surface area (Å²) >= 11 is 1.82. The summed E-state index contributed by atoms with van der Waals surface area (Å²) in [7, 11) is 0. The Balaban J connectivity index is 0.00000120. The first-order valence-corrected chi connectivity index (χ1v) is 7.03. The molecule has 1 fully saturated rings. The molecule has 98 valence electrons. The van der Waals surface area contributed by atoms with Crippen molar-refractivity contribution in [3.05, 3.63) is 23.8 Å². The number of nitrogens with one attached hydrogen (secondary N) is 1. The molecule has 1 aromatic heterocycles. The van der Waals surface area contributed by atoms with Crippen LogP contribution in [0.15, 0.2) is 18.2 Å². The Labute approximate surface area is 118 Å². The molecule has 1 aromatic carbocycles. The van der Waals surface area contributed by atoms with Crippen LogP contribution in [0.25, 0.3) is 10.2 Å². The molecule has 0 amide bonds. The number of aryl methyl sites for hydroxylation is 1. The second-order valence-electron chi connectivity index (χ2n) is 4.39. The molecule has 3 rings (SSSR count). The molecule has 0 atom stereocenters. The zero-order chi connectivity index (χ0) is 11.7. The topological polar surface area (TPSA) is 28.2 Å². The number of halogens is 1. The summed E-state index contributed by atoms with van der Waals surface area (Å²) in [5, 5.41) is 4.55. The van der Waals surface area contributed by atoms with Crippen LogP contribution in [-0.2, 0) is 6.42 Å². The Hall–Kier alpha value is -0.840. The van der Waals surface area contributed by atoms with Crippen molar-refractivity contribution in [2.45, 2.75) is 13.3 Å². The number of thiazole rings is 1. The largest absolute Gasteiger partial charge is 0.346 e. The van der Waals surface area contributed by atoms with Gasteiger partial charge in [-0.15, -0.1) is 12.4 Å². The SMILES string of the molecule is CCc1ccc2nc(N3CCNCC3)sc2c1.Cl. The van der Waals surface area contributed by atoms with Crippen molar-refractivity contribution in [2.75, 3.05) is 31.1 Å². The van der Waals surface area contributed by atoms with Gasteiger partial charge in [-0.25, -0.2) is 4.98 Å². The number of fused-ring (bicyclic) bond motifs is 1. The van der Waals surface area contributed by atoms with Crippen molar-refractivity contribution >= 4 is 39.1 Å². The van der Waals surface area contributed by atoms with Gasteiger partial charge in [0.2, 0.25) is 0 Å². The van der Waals surface area contributed by atoms with Crippen molar-refractivity contribution in [1.82, 2.24) is 10.3 Å². The van der Waals surface area contributed by atoms with Gasteiger partial charge in [-0.05, 0) is 24.1 Å². The van der Waals surface area contributed by atoms with E-state index in [1.807, 2.05) is 11.3 Å². The molecule has 5 heteroatoms. The maximum atomic E-state index is 4.73. The fourth-order valence-electron chi connectivity index (χ4n) is 2.17. The summed E-state index contributed by atoms with van der Waals surface area (Å²) in [5.74, 6) is 0. The predicted octanol–water partition coefficient (Wildman–Crippen LogP) is 2.69. The maximum absolute atomic E-state index is 4.73. The second-order valence-corrected chi connectivity index (χ2v) is 5.40. The van der Waals surface area contributed by atoms with Crippen molar-refractivity contribution < 1.29 is 0 Å². The summed E-state index contributed by atoms with van der Waals surface area (Å²) in [6.45, 7) is 6.46. The van der Waals surface area contributed by atoms with Crippen LogP contribution in [0.1, 0.15) is 12.5 Å². The third kappa shape index (κ3) is 2.60. The molecule has 0 bridgehead atoms. The molecule has 2 heterocycles. The molecular weight excluding hydrogens is 266 g/mol. The average molecular weight is 284 g/mol. The zero-order valence-electron chi connectivity index (χ0n) is 10.5. The number of piperazine rings is 1. The molecule has 1 saturated heterocycles. The Morgan fingerprint density at radius 1 is 1.33 bits per heavy atom. The van der Waals surface area contributed by atoms with E-state index in [9.17, 15) is 0 Å². The van der Waals surface area contributed by atoms with Crippen LogP contribution in [0.4, 0.5) is 5.13 Å². The first-order valence-electron chi connectivity index (χ1n) is 6.22. The van der Waals surface area contributed by atoms with E-state index in [1.165, 1.54) is 15.4 Å². The van der Waals surface area contributed by atoms with E-state index < -0.39 is 0 Å². The molecule has 18 heavy (non-hydrogen) atoms. The van der Waals surface area contributed by atoms with Gasteiger partial charge in [0.25, 0.3) is 0 Å². The Bertz CT molecular complexity index is 520. The normalized spacial score (nSPS) is 15.7. The van der Waals surface area contributed by atoms with Crippen molar-refractivity contribution in [3.63, 3.8) is 0 Å². The summed E-state index contributed by atoms with van der Waals surface area (Å²) in [6.07, 6.45) is 1.09. The van der Waals surface area contributed by atoms with Crippen LogP contribution in [-0.4, -0.2) is 31.2 Å². The summed E-state index contributed by atoms with van der Waals surface area (Å²) in [4.78, 5) is 7.11. The van der Waals surface area contributed by atoms with Gasteiger partial charge in [0.05, 0.1) is 10.2 Å². The van der Waals surface area contributed by atoms with E-state index in [4.69, 9.17) is 4.98 Å². The average Bonchev–Trinajstić information content (AvgIpc) is 2.82. The standard InChI is InChI=1S/C13H17N3S.ClH/c1-2-10-3-4-11-12(9-10)17-13(15-11)16-7-5-14-6-8-16;/h3-4,9,14H,2,5-8H2,1H3;1H. The highest BCUT2D eigenvalue weighted by Crippen LogP contribution is 2.29. The lowest BCUT2D eigenvalue weighted by Crippen LogP contribution is -2.43. The van der Waals surface area contributed by atoms with E-state index in [2.05, 4.69) is 35.3 Å². The van der Waals surface area contributed by atoms with Crippen LogP contribution in [0, 0.1) is 0 Å². The van der Waals surface area contributed by atoms with Crippen LogP contribution in [0.2, 0.25) is 0 Å². The zero-order valence-corrected chi connectivity index (χ0v) is 12.1. The lowest BCUT2D eigenvalue weighted by Gasteiger charge is -2.26. The van der Waals surface area contributed by atoms with Gasteiger partial charge >= 0.3 is 0 Å². The number of nitrogens with zero attached hydrogens (tertiary/aromatic N) is 2. The molecule has 0 saturated carbocycles. The molecule has 0 aliphatic carbocycles. The Kier molecular flexibility index (Phi) is 4.43. The molecule has 1 aliphatic heterocycles. The number of anilines is 1. The smallest absolute Gasteiger partial charge is 0.186 e. The number of hydrogen-bond acceptors (Lipinski definition) is 4. The highest BCUT2D eigenvalue weighted by molar-refractivity contribution is 7.22. The van der Waals surface area contributed by atoms with Gasteiger partial charge in [-0.2, -0.15) is 0 Å². The first kappa shape index (κ1) is 13.6. The number of benzene rings is 1. The van der Waals surface area contributed by atoms with Crippen molar-refractivity contribution in [2.24, 2.45) is 0 Å². The molecule has 1 aliphatic rings. The third-order valence-electron chi connectivity index (χ3n) is 3.24. The van der Waals surface area contributed by atoms with E-state index in [-0.39, 0.29) is 12.4 Å². The van der Waals surface area contributed by atoms with Crippen LogP contribution >= 0.6 is 23.7 Å². The predicted molar refractivity (Wildman–Crippen MR) is 81.3 cm³/mol. The molecule has 0 radical (unpaired) electrons. The van der Waals surface area contributed by atoms with Crippen LogP contribution in [0.3, 0.4) is 0 Å². The monoisotopic (exact) mass is 283 g/mol. The number of hydrogen-bond donors (Lipinski definition) is 1. The Morgan fingerprint density at radius 2 is 2.11 bits per heavy atom. The molecule has 3 nitrogen and oxygen atoms in total. The lowest BCUT2D eigenvalue weighted by atomic mass is 10.2. The highest BCUT2D eigenvalue weighted by Gasteiger charge is 2.14. The van der Waals surface area contributed by atoms with E-state index in [0.29, 0.717) is 0 Å². The van der Waals surface area contributed by atoms with Gasteiger partial charge in [-0.3, -0.25) is 0 Å². The minimum Gasteiger partial charge on any atom is -0.346 e. The minimum absolute atomic E-state index is 0. The number of rotatable bonds is 2. The van der Waals surface area contributed by atoms with Gasteiger partial charge in [0.1, 0.15) is 0 Å². The van der Waals surface area contributed by atoms with Gasteiger partial charge in [0.15, 0.2) is 5.13 Å². The quantitative estimate of drug-likeness (QED) is 0.918. The Morgan fingerprint density at radius 3 is 2.83 bits per heavy atom. The van der Waals surface area contributed by atoms with E-state index >= 15 is 0 Å². The van der Waals surface area contributed by atoms with Gasteiger partial charge < -0.3 is 10.2 Å². The third-order valence-corrected chi connectivity index (χ3v) is 4.32. The molecule has 1 N–H and O–H groups in total. The van der Waals surface area contributed by atoms with Crippen LogP contribution < -0.4 is 10.2 Å². The van der Waals surface area contributed by atoms with E-state index in [1.54, 1.807) is 0 Å².